The number of rotatable bonds is 5. The maximum Gasteiger partial charge on any atom is 0.224 e. The molecule has 0 atom stereocenters. The Morgan fingerprint density at radius 3 is 2.75 bits per heavy atom. The van der Waals surface area contributed by atoms with Gasteiger partial charge in [-0.15, -0.1) is 0 Å². The van der Waals surface area contributed by atoms with E-state index in [-0.39, 0.29) is 5.91 Å². The van der Waals surface area contributed by atoms with Gasteiger partial charge in [-0.05, 0) is 24.1 Å². The lowest BCUT2D eigenvalue weighted by atomic mass is 10.1. The number of halogens is 1. The van der Waals surface area contributed by atoms with Crippen LogP contribution in [0.5, 0.6) is 5.88 Å². The fourth-order valence-corrected chi connectivity index (χ4v) is 1.98. The number of nitrogens with one attached hydrogen (secondary N) is 1. The highest BCUT2D eigenvalue weighted by Gasteiger charge is 2.05. The van der Waals surface area contributed by atoms with Crippen LogP contribution in [-0.4, -0.2) is 18.0 Å². The predicted octanol–water partition coefficient (Wildman–Crippen LogP) is 3.31. The normalized spacial score (nSPS) is 10.1. The number of carbonyl (C=O) groups is 1. The maximum absolute atomic E-state index is 11.8. The zero-order valence-electron chi connectivity index (χ0n) is 11.1. The second-order valence-corrected chi connectivity index (χ2v) is 4.64. The molecule has 1 N–H and O–H groups in total. The van der Waals surface area contributed by atoms with Crippen molar-refractivity contribution in [3.8, 4) is 5.88 Å². The van der Waals surface area contributed by atoms with E-state index in [1.54, 1.807) is 25.4 Å². The number of amides is 1. The predicted molar refractivity (Wildman–Crippen MR) is 79.2 cm³/mol. The Labute approximate surface area is 122 Å². The summed E-state index contributed by atoms with van der Waals surface area (Å²) in [7, 11) is 1.55. The molecule has 1 amide bonds. The van der Waals surface area contributed by atoms with E-state index in [9.17, 15) is 4.79 Å². The average Bonchev–Trinajstić information content (AvgIpc) is 2.47. The van der Waals surface area contributed by atoms with Gasteiger partial charge in [-0.3, -0.25) is 4.79 Å². The molecule has 0 saturated heterocycles. The molecule has 1 aromatic carbocycles. The summed E-state index contributed by atoms with van der Waals surface area (Å²) in [6.07, 6.45) is 2.54. The molecule has 0 spiro atoms. The van der Waals surface area contributed by atoms with E-state index in [0.29, 0.717) is 29.4 Å². The highest BCUT2D eigenvalue weighted by Crippen LogP contribution is 2.17. The number of aromatic nitrogens is 1. The number of carbonyl (C=O) groups excluding carboxylic acids is 1. The van der Waals surface area contributed by atoms with Gasteiger partial charge in [0.25, 0.3) is 0 Å². The van der Waals surface area contributed by atoms with Crippen molar-refractivity contribution < 1.29 is 9.53 Å². The molecule has 0 saturated carbocycles. The van der Waals surface area contributed by atoms with Crippen molar-refractivity contribution in [1.29, 1.82) is 0 Å². The number of hydrogen-bond donors (Lipinski definition) is 1. The number of pyridine rings is 1. The summed E-state index contributed by atoms with van der Waals surface area (Å²) in [5.74, 6) is 0.441. The van der Waals surface area contributed by atoms with Gasteiger partial charge in [0.05, 0.1) is 19.0 Å². The molecule has 0 aliphatic heterocycles. The van der Waals surface area contributed by atoms with Gasteiger partial charge in [-0.25, -0.2) is 4.98 Å². The zero-order chi connectivity index (χ0) is 14.4. The Morgan fingerprint density at radius 1 is 1.30 bits per heavy atom. The van der Waals surface area contributed by atoms with Gasteiger partial charge in [0.15, 0.2) is 0 Å². The Bertz CT molecular complexity index is 585. The minimum Gasteiger partial charge on any atom is -0.481 e. The van der Waals surface area contributed by atoms with Crippen molar-refractivity contribution in [2.45, 2.75) is 12.8 Å². The summed E-state index contributed by atoms with van der Waals surface area (Å²) in [5.41, 5.74) is 1.62. The first kappa shape index (κ1) is 14.3. The van der Waals surface area contributed by atoms with E-state index >= 15 is 0 Å². The van der Waals surface area contributed by atoms with E-state index in [2.05, 4.69) is 10.3 Å². The molecule has 4 nitrogen and oxygen atoms in total. The Kier molecular flexibility index (Phi) is 4.96. The molecule has 5 heteroatoms. The summed E-state index contributed by atoms with van der Waals surface area (Å²) < 4.78 is 4.95. The quantitative estimate of drug-likeness (QED) is 0.919. The standard InChI is InChI=1S/C15H15ClN2O2/c1-20-15-9-7-12(10-17-15)18-14(19)8-6-11-4-2-3-5-13(11)16/h2-5,7,9-10H,6,8H2,1H3,(H,18,19). The Hall–Kier alpha value is -2.07. The highest BCUT2D eigenvalue weighted by molar-refractivity contribution is 6.31. The van der Waals surface area contributed by atoms with E-state index in [0.717, 1.165) is 5.56 Å². The van der Waals surface area contributed by atoms with Crippen molar-refractivity contribution in [1.82, 2.24) is 4.98 Å². The molecule has 0 aliphatic carbocycles. The lowest BCUT2D eigenvalue weighted by Crippen LogP contribution is -2.12. The second-order valence-electron chi connectivity index (χ2n) is 4.23. The molecule has 2 rings (SSSR count). The van der Waals surface area contributed by atoms with Crippen molar-refractivity contribution in [2.75, 3.05) is 12.4 Å². The summed E-state index contributed by atoms with van der Waals surface area (Å²) in [4.78, 5) is 15.9. The number of hydrogen-bond acceptors (Lipinski definition) is 3. The fraction of sp³-hybridized carbons (Fsp3) is 0.200. The summed E-state index contributed by atoms with van der Waals surface area (Å²) >= 11 is 6.05. The molecule has 0 unspecified atom stereocenters. The third-order valence-corrected chi connectivity index (χ3v) is 3.18. The summed E-state index contributed by atoms with van der Waals surface area (Å²) in [6, 6.07) is 11.0. The van der Waals surface area contributed by atoms with Crippen LogP contribution in [0.1, 0.15) is 12.0 Å². The first-order valence-electron chi connectivity index (χ1n) is 6.22. The number of ether oxygens (including phenoxy) is 1. The van der Waals surface area contributed by atoms with Gasteiger partial charge in [-0.1, -0.05) is 29.8 Å². The van der Waals surface area contributed by atoms with E-state index < -0.39 is 0 Å². The van der Waals surface area contributed by atoms with Crippen LogP contribution in [0.4, 0.5) is 5.69 Å². The Morgan fingerprint density at radius 2 is 2.10 bits per heavy atom. The van der Waals surface area contributed by atoms with Crippen molar-refractivity contribution >= 4 is 23.2 Å². The minimum atomic E-state index is -0.0723. The van der Waals surface area contributed by atoms with Gasteiger partial charge in [0.1, 0.15) is 0 Å². The molecule has 0 bridgehead atoms. The lowest BCUT2D eigenvalue weighted by molar-refractivity contribution is -0.116. The van der Waals surface area contributed by atoms with Crippen LogP contribution in [0.2, 0.25) is 5.02 Å². The highest BCUT2D eigenvalue weighted by atomic mass is 35.5. The van der Waals surface area contributed by atoms with Crippen molar-refractivity contribution in [3.63, 3.8) is 0 Å². The average molecular weight is 291 g/mol. The van der Waals surface area contributed by atoms with Crippen LogP contribution in [0.3, 0.4) is 0 Å². The van der Waals surface area contributed by atoms with Crippen LogP contribution in [0, 0.1) is 0 Å². The van der Waals surface area contributed by atoms with Crippen molar-refractivity contribution in [2.24, 2.45) is 0 Å². The number of anilines is 1. The monoisotopic (exact) mass is 290 g/mol. The zero-order valence-corrected chi connectivity index (χ0v) is 11.9. The third-order valence-electron chi connectivity index (χ3n) is 2.81. The molecular formula is C15H15ClN2O2. The second kappa shape index (κ2) is 6.91. The van der Waals surface area contributed by atoms with Gasteiger partial charge in [0.2, 0.25) is 11.8 Å². The topological polar surface area (TPSA) is 51.2 Å². The van der Waals surface area contributed by atoms with Crippen LogP contribution < -0.4 is 10.1 Å². The third kappa shape index (κ3) is 3.96. The van der Waals surface area contributed by atoms with Crippen molar-refractivity contribution in [3.05, 3.63) is 53.2 Å². The van der Waals surface area contributed by atoms with E-state index in [1.807, 2.05) is 24.3 Å². The molecule has 0 aliphatic rings. The molecule has 1 heterocycles. The molecule has 2 aromatic rings. The molecule has 0 radical (unpaired) electrons. The molecular weight excluding hydrogens is 276 g/mol. The van der Waals surface area contributed by atoms with Gasteiger partial charge in [-0.2, -0.15) is 0 Å². The SMILES string of the molecule is COc1ccc(NC(=O)CCc2ccccc2Cl)cn1. The number of nitrogens with zero attached hydrogens (tertiary/aromatic N) is 1. The van der Waals surface area contributed by atoms with Gasteiger partial charge in [0, 0.05) is 17.5 Å². The minimum absolute atomic E-state index is 0.0723. The van der Waals surface area contributed by atoms with E-state index in [1.165, 1.54) is 0 Å². The van der Waals surface area contributed by atoms with Crippen LogP contribution in [0.25, 0.3) is 0 Å². The molecule has 0 fully saturated rings. The smallest absolute Gasteiger partial charge is 0.224 e. The summed E-state index contributed by atoms with van der Waals surface area (Å²) in [6.45, 7) is 0. The van der Waals surface area contributed by atoms with Crippen LogP contribution in [-0.2, 0) is 11.2 Å². The maximum atomic E-state index is 11.8. The first-order valence-corrected chi connectivity index (χ1v) is 6.60. The number of benzene rings is 1. The van der Waals surface area contributed by atoms with Crippen LogP contribution in [0.15, 0.2) is 42.6 Å². The summed E-state index contributed by atoms with van der Waals surface area (Å²) in [5, 5.41) is 3.47. The Balaban J connectivity index is 1.87. The molecule has 1 aromatic heterocycles. The van der Waals surface area contributed by atoms with Gasteiger partial charge >= 0.3 is 0 Å². The molecule has 20 heavy (non-hydrogen) atoms. The fourth-order valence-electron chi connectivity index (χ4n) is 1.75. The lowest BCUT2D eigenvalue weighted by Gasteiger charge is -2.06. The largest absolute Gasteiger partial charge is 0.481 e. The number of methoxy groups -OCH3 is 1. The van der Waals surface area contributed by atoms with E-state index in [4.69, 9.17) is 16.3 Å². The van der Waals surface area contributed by atoms with Crippen LogP contribution >= 0.6 is 11.6 Å². The number of aryl methyl sites for hydroxylation is 1. The van der Waals surface area contributed by atoms with Gasteiger partial charge < -0.3 is 10.1 Å². The molecule has 104 valence electrons. The first-order chi connectivity index (χ1) is 9.69.